The number of ketones is 1. The van der Waals surface area contributed by atoms with E-state index in [2.05, 4.69) is 19.9 Å². The number of benzene rings is 2. The van der Waals surface area contributed by atoms with Crippen molar-refractivity contribution in [3.05, 3.63) is 65.4 Å². The van der Waals surface area contributed by atoms with Crippen molar-refractivity contribution < 1.29 is 23.8 Å². The van der Waals surface area contributed by atoms with E-state index in [-0.39, 0.29) is 23.4 Å². The first-order chi connectivity index (χ1) is 13.8. The van der Waals surface area contributed by atoms with Crippen LogP contribution in [0, 0.1) is 0 Å². The SMILES string of the molecule is COc1ccc(C(=O)OCC(=O)/C=C2\N(C)c3ccccc3C2(C)C)cc1OC. The number of esters is 1. The van der Waals surface area contributed by atoms with Crippen LogP contribution in [-0.2, 0) is 14.9 Å². The Kier molecular flexibility index (Phi) is 5.64. The molecule has 1 aliphatic rings. The first-order valence-corrected chi connectivity index (χ1v) is 9.27. The maximum Gasteiger partial charge on any atom is 0.338 e. The number of rotatable bonds is 6. The van der Waals surface area contributed by atoms with Gasteiger partial charge in [-0.25, -0.2) is 4.79 Å². The lowest BCUT2D eigenvalue weighted by atomic mass is 9.83. The molecule has 1 heterocycles. The zero-order valence-electron chi connectivity index (χ0n) is 17.3. The van der Waals surface area contributed by atoms with E-state index in [1.165, 1.54) is 20.3 Å². The molecule has 6 nitrogen and oxygen atoms in total. The molecule has 1 aliphatic heterocycles. The minimum absolute atomic E-state index is 0.276. The summed E-state index contributed by atoms with van der Waals surface area (Å²) in [6.45, 7) is 3.81. The first-order valence-electron chi connectivity index (χ1n) is 9.27. The maximum absolute atomic E-state index is 12.5. The Morgan fingerprint density at radius 3 is 2.38 bits per heavy atom. The smallest absolute Gasteiger partial charge is 0.338 e. The predicted octanol–water partition coefficient (Wildman–Crippen LogP) is 3.74. The zero-order valence-corrected chi connectivity index (χ0v) is 17.3. The number of carbonyl (C=O) groups is 2. The minimum Gasteiger partial charge on any atom is -0.493 e. The van der Waals surface area contributed by atoms with Crippen molar-refractivity contribution in [2.75, 3.05) is 32.8 Å². The Hall–Kier alpha value is -3.28. The van der Waals surface area contributed by atoms with Crippen LogP contribution >= 0.6 is 0 Å². The Labute approximate surface area is 170 Å². The van der Waals surface area contributed by atoms with Gasteiger partial charge in [-0.3, -0.25) is 4.79 Å². The molecule has 0 spiro atoms. The number of likely N-dealkylation sites (N-methyl/N-ethyl adjacent to an activating group) is 1. The normalized spacial score (nSPS) is 15.8. The number of ether oxygens (including phenoxy) is 3. The van der Waals surface area contributed by atoms with E-state index in [0.29, 0.717) is 11.5 Å². The van der Waals surface area contributed by atoms with Gasteiger partial charge in [0.1, 0.15) is 0 Å². The third-order valence-electron chi connectivity index (χ3n) is 5.20. The summed E-state index contributed by atoms with van der Waals surface area (Å²) >= 11 is 0. The number of anilines is 1. The van der Waals surface area contributed by atoms with Crippen molar-refractivity contribution in [2.45, 2.75) is 19.3 Å². The second-order valence-electron chi connectivity index (χ2n) is 7.34. The summed E-state index contributed by atoms with van der Waals surface area (Å²) in [5.41, 5.74) is 3.07. The van der Waals surface area contributed by atoms with E-state index >= 15 is 0 Å². The van der Waals surface area contributed by atoms with Gasteiger partial charge < -0.3 is 19.1 Å². The molecule has 0 saturated heterocycles. The van der Waals surface area contributed by atoms with Crippen molar-refractivity contribution in [3.8, 4) is 11.5 Å². The molecule has 0 radical (unpaired) electrons. The van der Waals surface area contributed by atoms with Crippen molar-refractivity contribution in [1.82, 2.24) is 0 Å². The summed E-state index contributed by atoms with van der Waals surface area (Å²) in [6.07, 6.45) is 1.56. The molecule has 6 heteroatoms. The molecule has 0 amide bonds. The summed E-state index contributed by atoms with van der Waals surface area (Å²) < 4.78 is 15.6. The Morgan fingerprint density at radius 1 is 1.03 bits per heavy atom. The van der Waals surface area contributed by atoms with Crippen LogP contribution in [0.4, 0.5) is 5.69 Å². The summed E-state index contributed by atoms with van der Waals surface area (Å²) in [4.78, 5) is 26.8. The van der Waals surface area contributed by atoms with Crippen LogP contribution in [0.15, 0.2) is 54.2 Å². The van der Waals surface area contributed by atoms with Crippen molar-refractivity contribution in [3.63, 3.8) is 0 Å². The molecule has 2 aromatic carbocycles. The summed E-state index contributed by atoms with van der Waals surface area (Å²) in [6, 6.07) is 12.8. The van der Waals surface area contributed by atoms with Gasteiger partial charge in [-0.1, -0.05) is 32.0 Å². The molecule has 0 unspecified atom stereocenters. The number of nitrogens with zero attached hydrogens (tertiary/aromatic N) is 1. The fourth-order valence-electron chi connectivity index (χ4n) is 3.64. The topological polar surface area (TPSA) is 65.1 Å². The number of carbonyl (C=O) groups excluding carboxylic acids is 2. The van der Waals surface area contributed by atoms with E-state index in [4.69, 9.17) is 14.2 Å². The Morgan fingerprint density at radius 2 is 1.72 bits per heavy atom. The highest BCUT2D eigenvalue weighted by Crippen LogP contribution is 2.46. The summed E-state index contributed by atoms with van der Waals surface area (Å²) in [5.74, 6) is 0.0556. The van der Waals surface area contributed by atoms with Gasteiger partial charge in [0.05, 0.1) is 19.8 Å². The quantitative estimate of drug-likeness (QED) is 0.548. The monoisotopic (exact) mass is 395 g/mol. The number of hydrogen-bond donors (Lipinski definition) is 0. The largest absolute Gasteiger partial charge is 0.493 e. The van der Waals surface area contributed by atoms with Crippen LogP contribution in [0.25, 0.3) is 0 Å². The van der Waals surface area contributed by atoms with Crippen LogP contribution in [0.5, 0.6) is 11.5 Å². The van der Waals surface area contributed by atoms with Crippen LogP contribution in [0.1, 0.15) is 29.8 Å². The average Bonchev–Trinajstić information content (AvgIpc) is 2.92. The molecular weight excluding hydrogens is 370 g/mol. The van der Waals surface area contributed by atoms with E-state index in [0.717, 1.165) is 16.9 Å². The molecule has 0 saturated carbocycles. The molecule has 0 fully saturated rings. The van der Waals surface area contributed by atoms with Gasteiger partial charge >= 0.3 is 5.97 Å². The van der Waals surface area contributed by atoms with E-state index < -0.39 is 5.97 Å². The van der Waals surface area contributed by atoms with Crippen LogP contribution in [0.2, 0.25) is 0 Å². The number of fused-ring (bicyclic) bond motifs is 1. The predicted molar refractivity (Wildman–Crippen MR) is 111 cm³/mol. The van der Waals surface area contributed by atoms with Gasteiger partial charge in [0.2, 0.25) is 0 Å². The van der Waals surface area contributed by atoms with Crippen molar-refractivity contribution in [2.24, 2.45) is 0 Å². The van der Waals surface area contributed by atoms with E-state index in [1.807, 2.05) is 30.1 Å². The summed E-state index contributed by atoms with van der Waals surface area (Å²) in [5, 5.41) is 0. The molecule has 0 N–H and O–H groups in total. The second kappa shape index (κ2) is 7.99. The third kappa shape index (κ3) is 3.83. The van der Waals surface area contributed by atoms with Crippen LogP contribution in [-0.4, -0.2) is 39.6 Å². The lowest BCUT2D eigenvalue weighted by Gasteiger charge is -2.23. The Bertz CT molecular complexity index is 977. The van der Waals surface area contributed by atoms with Gasteiger partial charge in [0.25, 0.3) is 0 Å². The third-order valence-corrected chi connectivity index (χ3v) is 5.20. The highest BCUT2D eigenvalue weighted by atomic mass is 16.5. The fraction of sp³-hybridized carbons (Fsp3) is 0.304. The van der Waals surface area contributed by atoms with Gasteiger partial charge in [-0.2, -0.15) is 0 Å². The number of methoxy groups -OCH3 is 2. The molecular formula is C23H25NO5. The van der Waals surface area contributed by atoms with Gasteiger partial charge in [0, 0.05) is 29.9 Å². The molecule has 0 bridgehead atoms. The number of hydrogen-bond acceptors (Lipinski definition) is 6. The first kappa shape index (κ1) is 20.5. The zero-order chi connectivity index (χ0) is 21.2. The van der Waals surface area contributed by atoms with Gasteiger partial charge in [0.15, 0.2) is 23.9 Å². The molecule has 152 valence electrons. The van der Waals surface area contributed by atoms with Gasteiger partial charge in [-0.05, 0) is 29.8 Å². The van der Waals surface area contributed by atoms with Gasteiger partial charge in [-0.15, -0.1) is 0 Å². The van der Waals surface area contributed by atoms with Crippen molar-refractivity contribution in [1.29, 1.82) is 0 Å². The lowest BCUT2D eigenvalue weighted by Crippen LogP contribution is -2.25. The second-order valence-corrected chi connectivity index (χ2v) is 7.34. The van der Waals surface area contributed by atoms with Crippen LogP contribution in [0.3, 0.4) is 0 Å². The molecule has 0 atom stereocenters. The van der Waals surface area contributed by atoms with Crippen LogP contribution < -0.4 is 14.4 Å². The van der Waals surface area contributed by atoms with Crippen molar-refractivity contribution >= 4 is 17.4 Å². The standard InChI is InChI=1S/C23H25NO5/c1-23(2)17-8-6-7-9-18(17)24(3)21(23)13-16(25)14-29-22(26)15-10-11-19(27-4)20(12-15)28-5/h6-13H,14H2,1-5H3/b21-13-. The molecule has 2 aromatic rings. The molecule has 29 heavy (non-hydrogen) atoms. The molecule has 0 aliphatic carbocycles. The number of allylic oxidation sites excluding steroid dienone is 1. The summed E-state index contributed by atoms with van der Waals surface area (Å²) in [7, 11) is 4.94. The van der Waals surface area contributed by atoms with E-state index in [9.17, 15) is 9.59 Å². The highest BCUT2D eigenvalue weighted by Gasteiger charge is 2.38. The maximum atomic E-state index is 12.5. The average molecular weight is 395 g/mol. The molecule has 3 rings (SSSR count). The molecule has 0 aromatic heterocycles. The lowest BCUT2D eigenvalue weighted by molar-refractivity contribution is -0.117. The highest BCUT2D eigenvalue weighted by molar-refractivity contribution is 5.96. The number of para-hydroxylation sites is 1. The van der Waals surface area contributed by atoms with E-state index in [1.54, 1.807) is 18.2 Å². The fourth-order valence-corrected chi connectivity index (χ4v) is 3.64. The minimum atomic E-state index is -0.597. The Balaban J connectivity index is 1.71.